The van der Waals surface area contributed by atoms with E-state index in [1.165, 1.54) is 0 Å². The molecule has 0 radical (unpaired) electrons. The summed E-state index contributed by atoms with van der Waals surface area (Å²) in [4.78, 5) is 11.6. The van der Waals surface area contributed by atoms with Gasteiger partial charge in [0.1, 0.15) is 11.8 Å². The van der Waals surface area contributed by atoms with E-state index in [9.17, 15) is 18.0 Å². The second kappa shape index (κ2) is 5.70. The van der Waals surface area contributed by atoms with E-state index in [1.807, 2.05) is 0 Å². The number of rotatable bonds is 5. The molecule has 0 saturated carbocycles. The summed E-state index contributed by atoms with van der Waals surface area (Å²) >= 11 is 0. The van der Waals surface area contributed by atoms with Crippen LogP contribution in [-0.4, -0.2) is 25.7 Å². The highest BCUT2D eigenvalue weighted by Gasteiger charge is 2.29. The molecule has 1 heterocycles. The van der Waals surface area contributed by atoms with E-state index < -0.39 is 18.6 Å². The monoisotopic (exact) mass is 288 g/mol. The molecule has 0 bridgehead atoms. The van der Waals surface area contributed by atoms with Gasteiger partial charge in [-0.2, -0.15) is 13.2 Å². The first-order chi connectivity index (χ1) is 9.40. The Labute approximate surface area is 114 Å². The summed E-state index contributed by atoms with van der Waals surface area (Å²) < 4.78 is 41.2. The number of carbonyl (C=O) groups is 1. The molecule has 110 valence electrons. The number of nitrogens with one attached hydrogen (secondary N) is 2. The fourth-order valence-corrected chi connectivity index (χ4v) is 2.08. The van der Waals surface area contributed by atoms with Gasteiger partial charge in [0.25, 0.3) is 0 Å². The number of alkyl halides is 3. The molecule has 0 aromatic heterocycles. The molecule has 1 aromatic carbocycles. The van der Waals surface area contributed by atoms with Gasteiger partial charge in [0, 0.05) is 23.7 Å². The van der Waals surface area contributed by atoms with Crippen LogP contribution < -0.4 is 15.4 Å². The Balaban J connectivity index is 1.93. The zero-order valence-corrected chi connectivity index (χ0v) is 10.9. The van der Waals surface area contributed by atoms with E-state index >= 15 is 0 Å². The Hall–Kier alpha value is -1.76. The van der Waals surface area contributed by atoms with Gasteiger partial charge in [0.05, 0.1) is 6.61 Å². The average Bonchev–Trinajstić information content (AvgIpc) is 2.68. The van der Waals surface area contributed by atoms with Crippen molar-refractivity contribution in [3.63, 3.8) is 0 Å². The lowest BCUT2D eigenvalue weighted by molar-refractivity contribution is -0.136. The average molecular weight is 288 g/mol. The Bertz CT molecular complexity index is 503. The molecule has 0 aliphatic carbocycles. The molecule has 4 nitrogen and oxygen atoms in total. The summed E-state index contributed by atoms with van der Waals surface area (Å²) in [6.45, 7) is -0.0122. The number of halogens is 3. The number of hydrogen-bond donors (Lipinski definition) is 2. The number of ether oxygens (including phenoxy) is 1. The first-order valence-electron chi connectivity index (χ1n) is 6.22. The number of hydrogen-bond acceptors (Lipinski definition) is 3. The van der Waals surface area contributed by atoms with Crippen molar-refractivity contribution in [3.05, 3.63) is 23.8 Å². The summed E-state index contributed by atoms with van der Waals surface area (Å²) in [5.41, 5.74) is 1.43. The highest BCUT2D eigenvalue weighted by atomic mass is 19.4. The molecular weight excluding hydrogens is 273 g/mol. The topological polar surface area (TPSA) is 50.4 Å². The van der Waals surface area contributed by atoms with Crippen LogP contribution in [0.15, 0.2) is 18.2 Å². The SMILES string of the molecule is CNC1C(=O)Nc2cc(OCCCC(F)(F)F)ccc21. The van der Waals surface area contributed by atoms with Gasteiger partial charge in [0.15, 0.2) is 0 Å². The van der Waals surface area contributed by atoms with E-state index in [0.717, 1.165) is 5.56 Å². The van der Waals surface area contributed by atoms with Crippen molar-refractivity contribution >= 4 is 11.6 Å². The van der Waals surface area contributed by atoms with Crippen LogP contribution in [0, 0.1) is 0 Å². The minimum Gasteiger partial charge on any atom is -0.494 e. The van der Waals surface area contributed by atoms with E-state index in [0.29, 0.717) is 11.4 Å². The van der Waals surface area contributed by atoms with Crippen LogP contribution in [0.25, 0.3) is 0 Å². The van der Waals surface area contributed by atoms with E-state index in [-0.39, 0.29) is 18.9 Å². The van der Waals surface area contributed by atoms with E-state index in [4.69, 9.17) is 4.74 Å². The summed E-state index contributed by atoms with van der Waals surface area (Å²) in [5.74, 6) is 0.291. The van der Waals surface area contributed by atoms with Crippen molar-refractivity contribution in [1.82, 2.24) is 5.32 Å². The van der Waals surface area contributed by atoms with Gasteiger partial charge in [-0.3, -0.25) is 4.79 Å². The first kappa shape index (κ1) is 14.6. The minimum atomic E-state index is -4.16. The van der Waals surface area contributed by atoms with Crippen LogP contribution >= 0.6 is 0 Å². The Kier molecular flexibility index (Phi) is 4.17. The lowest BCUT2D eigenvalue weighted by Crippen LogP contribution is -2.23. The largest absolute Gasteiger partial charge is 0.494 e. The molecule has 2 N–H and O–H groups in total. The van der Waals surface area contributed by atoms with Crippen LogP contribution in [-0.2, 0) is 4.79 Å². The predicted octanol–water partition coefficient (Wildman–Crippen LogP) is 2.62. The van der Waals surface area contributed by atoms with Crippen LogP contribution in [0.2, 0.25) is 0 Å². The van der Waals surface area contributed by atoms with Crippen molar-refractivity contribution in [2.45, 2.75) is 25.1 Å². The third-order valence-electron chi connectivity index (χ3n) is 3.02. The summed E-state index contributed by atoms with van der Waals surface area (Å²) in [7, 11) is 1.68. The second-order valence-electron chi connectivity index (χ2n) is 4.53. The maximum atomic E-state index is 12.0. The molecule has 0 fully saturated rings. The molecule has 0 saturated heterocycles. The maximum Gasteiger partial charge on any atom is 0.389 e. The van der Waals surface area contributed by atoms with Crippen molar-refractivity contribution < 1.29 is 22.7 Å². The van der Waals surface area contributed by atoms with E-state index in [1.54, 1.807) is 25.2 Å². The molecule has 1 aliphatic rings. The third-order valence-corrected chi connectivity index (χ3v) is 3.02. The number of carbonyl (C=O) groups excluding carboxylic acids is 1. The van der Waals surface area contributed by atoms with Crippen LogP contribution in [0.4, 0.5) is 18.9 Å². The predicted molar refractivity (Wildman–Crippen MR) is 67.7 cm³/mol. The second-order valence-corrected chi connectivity index (χ2v) is 4.53. The molecule has 1 aromatic rings. The van der Waals surface area contributed by atoms with Gasteiger partial charge >= 0.3 is 6.18 Å². The van der Waals surface area contributed by atoms with Gasteiger partial charge in [0.2, 0.25) is 5.91 Å². The van der Waals surface area contributed by atoms with E-state index in [2.05, 4.69) is 10.6 Å². The lowest BCUT2D eigenvalue weighted by atomic mass is 10.1. The van der Waals surface area contributed by atoms with Crippen molar-refractivity contribution in [1.29, 1.82) is 0 Å². The molecular formula is C13H15F3N2O2. The number of likely N-dealkylation sites (N-methyl/N-ethyl adjacent to an activating group) is 1. The number of anilines is 1. The molecule has 1 amide bonds. The van der Waals surface area contributed by atoms with Crippen LogP contribution in [0.5, 0.6) is 5.75 Å². The summed E-state index contributed by atoms with van der Waals surface area (Å²) in [5, 5.41) is 5.57. The van der Waals surface area contributed by atoms with Crippen molar-refractivity contribution in [2.75, 3.05) is 19.0 Å². The van der Waals surface area contributed by atoms with Crippen molar-refractivity contribution in [2.24, 2.45) is 0 Å². The van der Waals surface area contributed by atoms with Gasteiger partial charge in [-0.05, 0) is 19.5 Å². The highest BCUT2D eigenvalue weighted by molar-refractivity contribution is 6.02. The molecule has 2 rings (SSSR count). The molecule has 1 atom stereocenters. The van der Waals surface area contributed by atoms with Gasteiger partial charge < -0.3 is 15.4 Å². The summed E-state index contributed by atoms with van der Waals surface area (Å²) in [6, 6.07) is 4.60. The fourth-order valence-electron chi connectivity index (χ4n) is 2.08. The Morgan fingerprint density at radius 1 is 1.40 bits per heavy atom. The van der Waals surface area contributed by atoms with Gasteiger partial charge in [-0.25, -0.2) is 0 Å². The number of benzene rings is 1. The lowest BCUT2D eigenvalue weighted by Gasteiger charge is -2.10. The number of fused-ring (bicyclic) bond motifs is 1. The normalized spacial score (nSPS) is 17.8. The molecule has 1 aliphatic heterocycles. The zero-order valence-electron chi connectivity index (χ0n) is 10.9. The van der Waals surface area contributed by atoms with Gasteiger partial charge in [-0.1, -0.05) is 6.07 Å². The Morgan fingerprint density at radius 3 is 2.80 bits per heavy atom. The van der Waals surface area contributed by atoms with Crippen LogP contribution in [0.1, 0.15) is 24.4 Å². The summed E-state index contributed by atoms with van der Waals surface area (Å²) in [6.07, 6.45) is -5.11. The van der Waals surface area contributed by atoms with Crippen LogP contribution in [0.3, 0.4) is 0 Å². The highest BCUT2D eigenvalue weighted by Crippen LogP contribution is 2.33. The molecule has 7 heteroatoms. The standard InChI is InChI=1S/C13H15F3N2O2/c1-17-11-9-4-3-8(7-10(9)18-12(11)19)20-6-2-5-13(14,15)16/h3-4,7,11,17H,2,5-6H2,1H3,(H,18,19). The third kappa shape index (κ3) is 3.41. The van der Waals surface area contributed by atoms with Crippen molar-refractivity contribution in [3.8, 4) is 5.75 Å². The fraction of sp³-hybridized carbons (Fsp3) is 0.462. The zero-order chi connectivity index (χ0) is 14.8. The molecule has 0 spiro atoms. The molecule has 20 heavy (non-hydrogen) atoms. The minimum absolute atomic E-state index is 0.0122. The maximum absolute atomic E-state index is 12.0. The Morgan fingerprint density at radius 2 is 2.15 bits per heavy atom. The quantitative estimate of drug-likeness (QED) is 0.819. The first-order valence-corrected chi connectivity index (χ1v) is 6.22. The smallest absolute Gasteiger partial charge is 0.389 e. The number of amides is 1. The molecule has 1 unspecified atom stereocenters. The van der Waals surface area contributed by atoms with Gasteiger partial charge in [-0.15, -0.1) is 0 Å².